The maximum Gasteiger partial charge on any atom is 0.243 e. The first-order valence-electron chi connectivity index (χ1n) is 19.5. The van der Waals surface area contributed by atoms with Crippen LogP contribution in [0.5, 0.6) is 0 Å². The number of hydrogen-bond donors (Lipinski definition) is 4. The lowest BCUT2D eigenvalue weighted by Gasteiger charge is -2.33. The summed E-state index contributed by atoms with van der Waals surface area (Å²) in [6, 6.07) is 12.6. The highest BCUT2D eigenvalue weighted by molar-refractivity contribution is 7.93. The van der Waals surface area contributed by atoms with E-state index >= 15 is 0 Å². The number of carbonyl (C=O) groups is 3. The van der Waals surface area contributed by atoms with Crippen LogP contribution in [0.2, 0.25) is 0 Å². The molecule has 14 heteroatoms. The number of hydrogen-bond acceptors (Lipinski definition) is 10. The van der Waals surface area contributed by atoms with E-state index in [0.717, 1.165) is 50.6 Å². The second-order valence-corrected chi connectivity index (χ2v) is 19.2. The number of thiazole rings is 1. The van der Waals surface area contributed by atoms with Crippen LogP contribution in [-0.4, -0.2) is 99.6 Å². The Kier molecular flexibility index (Phi) is 15.0. The van der Waals surface area contributed by atoms with Gasteiger partial charge in [-0.1, -0.05) is 68.5 Å². The highest BCUT2D eigenvalue weighted by atomic mass is 32.2. The molecule has 0 spiro atoms. The molecule has 2 aromatic heterocycles. The normalized spacial score (nSPS) is 18.1. The third-order valence-electron chi connectivity index (χ3n) is 11.2. The van der Waals surface area contributed by atoms with Gasteiger partial charge in [0.1, 0.15) is 16.9 Å². The highest BCUT2D eigenvalue weighted by Crippen LogP contribution is 2.36. The molecular formula is C41H57N5O7S2. The third-order valence-corrected chi connectivity index (χ3v) is 14.5. The predicted octanol–water partition coefficient (Wildman–Crippen LogP) is 4.22. The number of nitrogens with zero attached hydrogens (tertiary/aromatic N) is 3. The van der Waals surface area contributed by atoms with Crippen LogP contribution >= 0.6 is 11.3 Å². The molecule has 0 bridgehead atoms. The van der Waals surface area contributed by atoms with Crippen molar-refractivity contribution in [3.8, 4) is 0 Å². The van der Waals surface area contributed by atoms with Crippen LogP contribution in [0.15, 0.2) is 65.6 Å². The zero-order valence-electron chi connectivity index (χ0n) is 32.2. The molecule has 55 heavy (non-hydrogen) atoms. The van der Waals surface area contributed by atoms with Crippen LogP contribution in [0.1, 0.15) is 94.5 Å². The molecule has 5 rings (SSSR count). The van der Waals surface area contributed by atoms with E-state index in [-0.39, 0.29) is 25.3 Å². The van der Waals surface area contributed by atoms with Gasteiger partial charge in [0.15, 0.2) is 9.84 Å². The number of nitrogens with one attached hydrogen (secondary N) is 2. The van der Waals surface area contributed by atoms with Crippen LogP contribution in [-0.2, 0) is 37.1 Å². The van der Waals surface area contributed by atoms with Crippen LogP contribution in [0.3, 0.4) is 0 Å². The first-order valence-corrected chi connectivity index (χ1v) is 22.1. The molecule has 1 aromatic carbocycles. The number of benzene rings is 1. The number of aromatic nitrogens is 2. The Bertz CT molecular complexity index is 1780. The van der Waals surface area contributed by atoms with Gasteiger partial charge in [-0.05, 0) is 62.6 Å². The second kappa shape index (κ2) is 19.4. The topological polar surface area (TPSA) is 179 Å². The number of sulfone groups is 1. The molecule has 2 fully saturated rings. The summed E-state index contributed by atoms with van der Waals surface area (Å²) in [4.78, 5) is 51.7. The molecule has 2 heterocycles. The summed E-state index contributed by atoms with van der Waals surface area (Å²) < 4.78 is 26.5. The molecule has 2 aliphatic carbocycles. The maximum atomic E-state index is 14.1. The van der Waals surface area contributed by atoms with Gasteiger partial charge in [0.25, 0.3) is 0 Å². The maximum absolute atomic E-state index is 14.1. The Morgan fingerprint density at radius 1 is 0.945 bits per heavy atom. The third kappa shape index (κ3) is 11.9. The molecule has 3 aromatic rings. The molecule has 4 N–H and O–H groups in total. The zero-order chi connectivity index (χ0) is 39.6. The lowest BCUT2D eigenvalue weighted by atomic mass is 9.82. The largest absolute Gasteiger partial charge is 0.390 e. The minimum Gasteiger partial charge on any atom is -0.390 e. The Morgan fingerprint density at radius 3 is 2.29 bits per heavy atom. The van der Waals surface area contributed by atoms with Gasteiger partial charge >= 0.3 is 0 Å². The van der Waals surface area contributed by atoms with Crippen molar-refractivity contribution in [2.45, 2.75) is 119 Å². The lowest BCUT2D eigenvalue weighted by molar-refractivity contribution is -0.131. The summed E-state index contributed by atoms with van der Waals surface area (Å²) in [5.41, 5.74) is 3.63. The van der Waals surface area contributed by atoms with Gasteiger partial charge in [-0.25, -0.2) is 13.4 Å². The number of aliphatic hydroxyl groups excluding tert-OH is 2. The predicted molar refractivity (Wildman–Crippen MR) is 213 cm³/mol. The first-order chi connectivity index (χ1) is 26.2. The summed E-state index contributed by atoms with van der Waals surface area (Å²) in [5.74, 6) is -2.60. The van der Waals surface area contributed by atoms with Crippen LogP contribution in [0, 0.1) is 11.8 Å². The van der Waals surface area contributed by atoms with E-state index in [1.165, 1.54) is 30.1 Å². The SMILES string of the molecule is CN(CCc1ccccn1)C(=O)C(C)(C)S(=O)(=O)CC(CC(=O)NC(Cc1cscn1)C(=O)N[C@@H](CC1CCCCC1)[C@@H](O)[C@@H](O)C1CC1)c1ccccc1. The molecule has 0 saturated heterocycles. The summed E-state index contributed by atoms with van der Waals surface area (Å²) in [6.45, 7) is 3.08. The number of pyridine rings is 1. The number of carbonyl (C=O) groups excluding carboxylic acids is 3. The molecule has 300 valence electrons. The van der Waals surface area contributed by atoms with Crippen molar-refractivity contribution in [2.75, 3.05) is 19.3 Å². The second-order valence-electron chi connectivity index (χ2n) is 15.9. The van der Waals surface area contributed by atoms with Gasteiger partial charge in [0.05, 0.1) is 29.1 Å². The van der Waals surface area contributed by atoms with E-state index in [4.69, 9.17) is 0 Å². The molecular weight excluding hydrogens is 739 g/mol. The average Bonchev–Trinajstić information content (AvgIpc) is 3.91. The number of aliphatic hydroxyl groups is 2. The standard InChI is InChI=1S/C41H57N5O7S2/c1-41(2,40(51)46(3)21-19-32-16-10-11-20-42-32)55(52,53)26-31(29-14-8-5-9-15-29)23-36(47)44-35(24-33-25-54-27-43-33)39(50)45-34(22-28-12-6-4-7-13-28)38(49)37(48)30-17-18-30/h5,8-11,14-16,20,25,27-28,30-31,34-35,37-38,48-49H,4,6-7,12-13,17-19,21-24,26H2,1-3H3,(H,44,47)(H,45,50)/t31?,34-,35?,37-,38+/m0/s1. The highest BCUT2D eigenvalue weighted by Gasteiger charge is 2.45. The van der Waals surface area contributed by atoms with Gasteiger partial charge in [-0.15, -0.1) is 11.3 Å². The summed E-state index contributed by atoms with van der Waals surface area (Å²) >= 11 is 1.36. The van der Waals surface area contributed by atoms with Gasteiger partial charge in [0.2, 0.25) is 17.7 Å². The Hall–Kier alpha value is -3.72. The van der Waals surface area contributed by atoms with Crippen molar-refractivity contribution >= 4 is 38.9 Å². The van der Waals surface area contributed by atoms with Crippen LogP contribution in [0.25, 0.3) is 0 Å². The molecule has 3 amide bonds. The first kappa shape index (κ1) is 42.4. The van der Waals surface area contributed by atoms with Crippen molar-refractivity contribution in [3.05, 3.63) is 82.6 Å². The quantitative estimate of drug-likeness (QED) is 0.130. The van der Waals surface area contributed by atoms with E-state index < -0.39 is 68.3 Å². The fourth-order valence-electron chi connectivity index (χ4n) is 7.53. The van der Waals surface area contributed by atoms with Crippen molar-refractivity contribution in [3.63, 3.8) is 0 Å². The monoisotopic (exact) mass is 795 g/mol. The summed E-state index contributed by atoms with van der Waals surface area (Å²) in [6.07, 6.45) is 7.33. The van der Waals surface area contributed by atoms with E-state index in [0.29, 0.717) is 30.0 Å². The molecule has 0 aliphatic heterocycles. The van der Waals surface area contributed by atoms with E-state index in [1.54, 1.807) is 60.5 Å². The van der Waals surface area contributed by atoms with Crippen LogP contribution in [0.4, 0.5) is 0 Å². The molecule has 2 aliphatic rings. The van der Waals surface area contributed by atoms with Gasteiger partial charge in [-0.2, -0.15) is 0 Å². The number of amides is 3. The number of likely N-dealkylation sites (N-methyl/N-ethyl adjacent to an activating group) is 1. The molecule has 12 nitrogen and oxygen atoms in total. The molecule has 0 radical (unpaired) electrons. The summed E-state index contributed by atoms with van der Waals surface area (Å²) in [7, 11) is -2.57. The van der Waals surface area contributed by atoms with Gasteiger partial charge < -0.3 is 25.7 Å². The fraction of sp³-hybridized carbons (Fsp3) is 0.585. The minimum absolute atomic E-state index is 0.00437. The molecule has 2 unspecified atom stereocenters. The number of rotatable bonds is 20. The summed E-state index contributed by atoms with van der Waals surface area (Å²) in [5, 5.41) is 29.9. The molecule has 2 saturated carbocycles. The van der Waals surface area contributed by atoms with Crippen LogP contribution < -0.4 is 10.6 Å². The van der Waals surface area contributed by atoms with Crippen molar-refractivity contribution in [1.29, 1.82) is 0 Å². The van der Waals surface area contributed by atoms with Gasteiger partial charge in [-0.3, -0.25) is 19.4 Å². The van der Waals surface area contributed by atoms with Crippen molar-refractivity contribution in [1.82, 2.24) is 25.5 Å². The Balaban J connectivity index is 1.31. The van der Waals surface area contributed by atoms with E-state index in [1.807, 2.05) is 12.1 Å². The minimum atomic E-state index is -4.14. The smallest absolute Gasteiger partial charge is 0.243 e. The van der Waals surface area contributed by atoms with Crippen molar-refractivity contribution < 1.29 is 33.0 Å². The average molecular weight is 796 g/mol. The molecule has 5 atom stereocenters. The zero-order valence-corrected chi connectivity index (χ0v) is 33.8. The Labute approximate surface area is 329 Å². The fourth-order valence-corrected chi connectivity index (χ4v) is 9.78. The van der Waals surface area contributed by atoms with E-state index in [9.17, 15) is 33.0 Å². The van der Waals surface area contributed by atoms with Gasteiger partial charge in [0, 0.05) is 56.0 Å². The van der Waals surface area contributed by atoms with Crippen molar-refractivity contribution in [2.24, 2.45) is 11.8 Å². The lowest BCUT2D eigenvalue weighted by Crippen LogP contribution is -2.56. The van der Waals surface area contributed by atoms with E-state index in [2.05, 4.69) is 20.6 Å². The Morgan fingerprint density at radius 2 is 1.65 bits per heavy atom.